The summed E-state index contributed by atoms with van der Waals surface area (Å²) in [6.07, 6.45) is 7.45. The molecule has 3 aromatic rings. The number of hydrogen-bond donors (Lipinski definition) is 0. The van der Waals surface area contributed by atoms with Gasteiger partial charge in [-0.05, 0) is 91.1 Å². The van der Waals surface area contributed by atoms with Gasteiger partial charge in [0, 0.05) is 29.9 Å². The zero-order valence-electron chi connectivity index (χ0n) is 22.4. The summed E-state index contributed by atoms with van der Waals surface area (Å²) in [5.41, 5.74) is 7.80. The monoisotopic (exact) mass is 571 g/mol. The van der Waals surface area contributed by atoms with Crippen LogP contribution < -0.4 is 0 Å². The Bertz CT molecular complexity index is 1510. The fourth-order valence-corrected chi connectivity index (χ4v) is 6.83. The molecule has 1 fully saturated rings. The lowest BCUT2D eigenvalue weighted by Gasteiger charge is -2.35. The van der Waals surface area contributed by atoms with Gasteiger partial charge < -0.3 is 4.90 Å². The average Bonchev–Trinajstić information content (AvgIpc) is 3.12. The van der Waals surface area contributed by atoms with Crippen LogP contribution in [-0.2, 0) is 17.6 Å². The number of piperidine rings is 1. The normalized spacial score (nSPS) is 17.4. The average molecular weight is 572 g/mol. The number of amides is 3. The predicted octanol–water partition coefficient (Wildman–Crippen LogP) is 5.68. The number of likely N-dealkylation sites (tertiary alicyclic amines) is 1. The minimum atomic E-state index is -0.808. The number of carbonyl (C=O) groups excluding carboxylic acids is 3. The van der Waals surface area contributed by atoms with Crippen LogP contribution in [0.2, 0.25) is 5.02 Å². The van der Waals surface area contributed by atoms with Crippen LogP contribution in [0.4, 0.5) is 0 Å². The largest absolute Gasteiger partial charge is 0.340 e. The van der Waals surface area contributed by atoms with Gasteiger partial charge in [0.25, 0.3) is 11.8 Å². The third-order valence-electron chi connectivity index (χ3n) is 8.18. The fourth-order valence-electron chi connectivity index (χ4n) is 6.17. The number of fused-ring (bicyclic) bond motifs is 3. The molecular weight excluding hydrogens is 542 g/mol. The van der Waals surface area contributed by atoms with E-state index in [1.54, 1.807) is 36.0 Å². The topological polar surface area (TPSA) is 70.6 Å². The Kier molecular flexibility index (Phi) is 7.51. The van der Waals surface area contributed by atoms with E-state index < -0.39 is 6.04 Å². The minimum absolute atomic E-state index is 0.154. The predicted molar refractivity (Wildman–Crippen MR) is 159 cm³/mol. The molecule has 0 unspecified atom stereocenters. The molecule has 6 rings (SSSR count). The number of aromatic nitrogens is 1. The van der Waals surface area contributed by atoms with E-state index in [0.29, 0.717) is 49.2 Å². The highest BCUT2D eigenvalue weighted by molar-refractivity contribution is 7.98. The number of imide groups is 1. The number of rotatable bonds is 5. The first kappa shape index (κ1) is 26.8. The van der Waals surface area contributed by atoms with Crippen molar-refractivity contribution >= 4 is 46.7 Å². The Hall–Kier alpha value is -3.42. The highest BCUT2D eigenvalue weighted by Gasteiger charge is 2.44. The molecule has 3 heterocycles. The van der Waals surface area contributed by atoms with Crippen LogP contribution in [0.25, 0.3) is 5.57 Å². The summed E-state index contributed by atoms with van der Waals surface area (Å²) in [6, 6.07) is 16.2. The Balaban J connectivity index is 1.29. The van der Waals surface area contributed by atoms with Crippen LogP contribution in [-0.4, -0.2) is 63.6 Å². The fraction of sp³-hybridized carbons (Fsp3) is 0.312. The molecule has 1 aliphatic carbocycles. The second-order valence-corrected chi connectivity index (χ2v) is 11.9. The zero-order chi connectivity index (χ0) is 27.8. The van der Waals surface area contributed by atoms with Crippen LogP contribution in [0.5, 0.6) is 0 Å². The second-order valence-electron chi connectivity index (χ2n) is 10.4. The summed E-state index contributed by atoms with van der Waals surface area (Å²) < 4.78 is 0. The molecule has 3 aliphatic rings. The van der Waals surface area contributed by atoms with Crippen molar-refractivity contribution in [3.05, 3.63) is 105 Å². The summed E-state index contributed by atoms with van der Waals surface area (Å²) in [4.78, 5) is 48.3. The van der Waals surface area contributed by atoms with Gasteiger partial charge in [-0.25, -0.2) is 0 Å². The smallest absolute Gasteiger partial charge is 0.262 e. The summed E-state index contributed by atoms with van der Waals surface area (Å²) in [5.74, 6) is -0.235. The molecule has 2 aliphatic heterocycles. The van der Waals surface area contributed by atoms with Crippen LogP contribution in [0.15, 0.2) is 66.4 Å². The van der Waals surface area contributed by atoms with Gasteiger partial charge in [-0.1, -0.05) is 41.4 Å². The third-order valence-corrected chi connectivity index (χ3v) is 9.06. The molecule has 0 bridgehead atoms. The standard InChI is InChI=1S/C32H30ClN3O3S/c1-40-18-14-27(36-30(37)25-6-2-3-7-26(25)31(36)38)32(39)35-16-12-20(13-17-35)28-24-11-10-23(33)19-22(24)9-8-21-5-4-15-34-29(21)28/h2-7,10-11,15,19,27H,8-9,12-14,16-18H2,1H3/t27-/m1/s1. The van der Waals surface area contributed by atoms with Gasteiger partial charge in [0.15, 0.2) is 0 Å². The van der Waals surface area contributed by atoms with Crippen LogP contribution in [0, 0.1) is 0 Å². The number of carbonyl (C=O) groups is 3. The van der Waals surface area contributed by atoms with E-state index in [0.717, 1.165) is 29.1 Å². The number of pyridine rings is 1. The lowest BCUT2D eigenvalue weighted by Crippen LogP contribution is -2.52. The molecule has 204 valence electrons. The van der Waals surface area contributed by atoms with Crippen LogP contribution in [0.1, 0.15) is 62.4 Å². The highest BCUT2D eigenvalue weighted by atomic mass is 35.5. The van der Waals surface area contributed by atoms with Crippen molar-refractivity contribution in [2.45, 2.75) is 38.1 Å². The highest BCUT2D eigenvalue weighted by Crippen LogP contribution is 2.39. The SMILES string of the molecule is CSCC[C@H](C(=O)N1CCC(=C2c3ccc(Cl)cc3CCc3cccnc32)CC1)N1C(=O)c2ccccc2C1=O. The van der Waals surface area contributed by atoms with Gasteiger partial charge in [-0.2, -0.15) is 11.8 Å². The molecule has 1 saturated heterocycles. The summed E-state index contributed by atoms with van der Waals surface area (Å²) in [7, 11) is 0. The number of nitrogens with zero attached hydrogens (tertiary/aromatic N) is 3. The van der Waals surface area contributed by atoms with Crippen molar-refractivity contribution in [3.63, 3.8) is 0 Å². The van der Waals surface area contributed by atoms with Crippen molar-refractivity contribution in [3.8, 4) is 0 Å². The third kappa shape index (κ3) is 4.75. The first-order chi connectivity index (χ1) is 19.5. The van der Waals surface area contributed by atoms with Gasteiger partial charge in [0.05, 0.1) is 16.8 Å². The first-order valence-corrected chi connectivity index (χ1v) is 15.4. The second kappa shape index (κ2) is 11.2. The Morgan fingerprint density at radius 1 is 0.925 bits per heavy atom. The molecule has 40 heavy (non-hydrogen) atoms. The zero-order valence-corrected chi connectivity index (χ0v) is 23.9. The van der Waals surface area contributed by atoms with Gasteiger partial charge >= 0.3 is 0 Å². The number of hydrogen-bond acceptors (Lipinski definition) is 5. The molecule has 3 amide bonds. The summed E-state index contributed by atoms with van der Waals surface area (Å²) in [6.45, 7) is 1.06. The number of thioether (sulfide) groups is 1. The van der Waals surface area contributed by atoms with E-state index in [9.17, 15) is 14.4 Å². The minimum Gasteiger partial charge on any atom is -0.340 e. The lowest BCUT2D eigenvalue weighted by atomic mass is 9.88. The summed E-state index contributed by atoms with van der Waals surface area (Å²) >= 11 is 7.97. The Labute approximate surface area is 243 Å². The lowest BCUT2D eigenvalue weighted by molar-refractivity contribution is -0.136. The van der Waals surface area contributed by atoms with Gasteiger partial charge in [-0.3, -0.25) is 24.3 Å². The molecule has 8 heteroatoms. The van der Waals surface area contributed by atoms with Crippen LogP contribution in [0.3, 0.4) is 0 Å². The van der Waals surface area contributed by atoms with E-state index in [4.69, 9.17) is 16.6 Å². The molecule has 2 aromatic carbocycles. The number of benzene rings is 2. The summed E-state index contributed by atoms with van der Waals surface area (Å²) in [5, 5.41) is 0.729. The maximum Gasteiger partial charge on any atom is 0.262 e. The Morgan fingerprint density at radius 3 is 2.33 bits per heavy atom. The molecule has 0 saturated carbocycles. The number of aryl methyl sites for hydroxylation is 2. The maximum atomic E-state index is 13.9. The first-order valence-electron chi connectivity index (χ1n) is 13.7. The molecule has 6 nitrogen and oxygen atoms in total. The molecule has 1 aromatic heterocycles. The van der Waals surface area contributed by atoms with E-state index in [2.05, 4.69) is 18.2 Å². The molecule has 0 radical (unpaired) electrons. The van der Waals surface area contributed by atoms with Gasteiger partial charge in [-0.15, -0.1) is 0 Å². The van der Waals surface area contributed by atoms with E-state index in [1.165, 1.54) is 27.2 Å². The molecule has 0 spiro atoms. The number of halogens is 1. The molecule has 0 N–H and O–H groups in total. The van der Waals surface area contributed by atoms with Crippen molar-refractivity contribution in [2.24, 2.45) is 0 Å². The van der Waals surface area contributed by atoms with E-state index in [1.807, 2.05) is 29.5 Å². The van der Waals surface area contributed by atoms with Crippen molar-refractivity contribution in [2.75, 3.05) is 25.1 Å². The van der Waals surface area contributed by atoms with Crippen molar-refractivity contribution < 1.29 is 14.4 Å². The van der Waals surface area contributed by atoms with E-state index >= 15 is 0 Å². The van der Waals surface area contributed by atoms with Crippen LogP contribution >= 0.6 is 23.4 Å². The van der Waals surface area contributed by atoms with Crippen molar-refractivity contribution in [1.82, 2.24) is 14.8 Å². The quantitative estimate of drug-likeness (QED) is 0.369. The van der Waals surface area contributed by atoms with Gasteiger partial charge in [0.2, 0.25) is 5.91 Å². The van der Waals surface area contributed by atoms with Gasteiger partial charge in [0.1, 0.15) is 6.04 Å². The molecule has 1 atom stereocenters. The maximum absolute atomic E-state index is 13.9. The van der Waals surface area contributed by atoms with Crippen molar-refractivity contribution in [1.29, 1.82) is 0 Å². The van der Waals surface area contributed by atoms with E-state index in [-0.39, 0.29) is 17.7 Å². The molecular formula is C32H30ClN3O3S. The Morgan fingerprint density at radius 2 is 1.62 bits per heavy atom.